The van der Waals surface area contributed by atoms with Crippen molar-refractivity contribution in [1.82, 2.24) is 5.32 Å². The van der Waals surface area contributed by atoms with Gasteiger partial charge in [0, 0.05) is 0 Å². The fraction of sp³-hybridized carbons (Fsp3) is 0. The van der Waals surface area contributed by atoms with Gasteiger partial charge in [0.25, 0.3) is 11.7 Å². The fourth-order valence-electron chi connectivity index (χ4n) is 2.41. The summed E-state index contributed by atoms with van der Waals surface area (Å²) in [6.07, 6.45) is 5.11. The van der Waals surface area contributed by atoms with Crippen molar-refractivity contribution in [3.05, 3.63) is 95.4 Å². The van der Waals surface area contributed by atoms with Gasteiger partial charge in [-0.25, -0.2) is 0 Å². The minimum Gasteiger partial charge on any atom is -0.505 e. The Labute approximate surface area is 139 Å². The summed E-state index contributed by atoms with van der Waals surface area (Å²) in [6, 6.07) is 18.3. The number of hydrogen-bond acceptors (Lipinski definition) is 3. The van der Waals surface area contributed by atoms with Crippen molar-refractivity contribution in [2.45, 2.75) is 0 Å². The van der Waals surface area contributed by atoms with Gasteiger partial charge >= 0.3 is 0 Å². The molecule has 1 heterocycles. The monoisotopic (exact) mass is 317 g/mol. The van der Waals surface area contributed by atoms with Crippen molar-refractivity contribution in [1.29, 1.82) is 0 Å². The maximum atomic E-state index is 12.1. The first-order valence-corrected chi connectivity index (χ1v) is 7.45. The lowest BCUT2D eigenvalue weighted by Gasteiger charge is -2.18. The van der Waals surface area contributed by atoms with Gasteiger partial charge in [0.15, 0.2) is 5.76 Å². The molecule has 0 spiro atoms. The molecule has 2 aromatic carbocycles. The van der Waals surface area contributed by atoms with Crippen LogP contribution in [0.5, 0.6) is 0 Å². The van der Waals surface area contributed by atoms with Gasteiger partial charge in [0.1, 0.15) is 0 Å². The Morgan fingerprint density at radius 3 is 2.17 bits per heavy atom. The van der Waals surface area contributed by atoms with Gasteiger partial charge in [-0.3, -0.25) is 9.59 Å². The molecule has 0 radical (unpaired) electrons. The van der Waals surface area contributed by atoms with Crippen LogP contribution >= 0.6 is 0 Å². The van der Waals surface area contributed by atoms with Crippen LogP contribution in [0.2, 0.25) is 0 Å². The van der Waals surface area contributed by atoms with Crippen molar-refractivity contribution in [3.8, 4) is 0 Å². The van der Waals surface area contributed by atoms with Gasteiger partial charge in [-0.15, -0.1) is 0 Å². The summed E-state index contributed by atoms with van der Waals surface area (Å²) < 4.78 is 0. The number of carbonyl (C=O) groups excluding carboxylic acids is 2. The summed E-state index contributed by atoms with van der Waals surface area (Å²) in [5, 5.41) is 12.8. The molecule has 0 fully saturated rings. The molecule has 0 atom stereocenters. The average Bonchev–Trinajstić information content (AvgIpc) is 2.61. The highest BCUT2D eigenvalue weighted by atomic mass is 16.3. The number of allylic oxidation sites excluding steroid dienone is 2. The Hall–Kier alpha value is -3.40. The van der Waals surface area contributed by atoms with E-state index < -0.39 is 11.7 Å². The molecule has 118 valence electrons. The predicted molar refractivity (Wildman–Crippen MR) is 92.7 cm³/mol. The third-order valence-corrected chi connectivity index (χ3v) is 3.59. The van der Waals surface area contributed by atoms with Crippen molar-refractivity contribution < 1.29 is 14.7 Å². The van der Waals surface area contributed by atoms with Gasteiger partial charge < -0.3 is 10.4 Å². The molecule has 1 aliphatic heterocycles. The van der Waals surface area contributed by atoms with Crippen LogP contribution in [0.1, 0.15) is 11.1 Å². The third kappa shape index (κ3) is 3.17. The number of benzene rings is 2. The Balaban J connectivity index is 1.97. The summed E-state index contributed by atoms with van der Waals surface area (Å²) in [4.78, 5) is 24.0. The summed E-state index contributed by atoms with van der Waals surface area (Å²) in [6.45, 7) is 0. The molecule has 1 aliphatic rings. The van der Waals surface area contributed by atoms with E-state index >= 15 is 0 Å². The first-order chi connectivity index (χ1) is 11.7. The number of aliphatic hydroxyl groups is 1. The lowest BCUT2D eigenvalue weighted by Crippen LogP contribution is -2.37. The highest BCUT2D eigenvalue weighted by molar-refractivity contribution is 6.55. The first kappa shape index (κ1) is 15.5. The minimum atomic E-state index is -0.758. The number of carbonyl (C=O) groups is 2. The van der Waals surface area contributed by atoms with Crippen molar-refractivity contribution in [3.63, 3.8) is 0 Å². The quantitative estimate of drug-likeness (QED) is 0.854. The second-order valence-corrected chi connectivity index (χ2v) is 5.22. The van der Waals surface area contributed by atoms with E-state index in [0.717, 1.165) is 5.56 Å². The van der Waals surface area contributed by atoms with Gasteiger partial charge in [-0.2, -0.15) is 0 Å². The van der Waals surface area contributed by atoms with Gasteiger partial charge in [-0.1, -0.05) is 72.8 Å². The molecule has 0 bridgehead atoms. The molecule has 4 nitrogen and oxygen atoms in total. The smallest absolute Gasteiger partial charge is 0.297 e. The molecule has 0 unspecified atom stereocenters. The SMILES string of the molecule is O=C1N/C(=C\C=C\c2ccccc2)C(O)=C(c2ccccc2)C1=O. The maximum absolute atomic E-state index is 12.1. The number of ketones is 1. The van der Waals surface area contributed by atoms with Crippen LogP contribution in [-0.2, 0) is 9.59 Å². The van der Waals surface area contributed by atoms with E-state index in [1.165, 1.54) is 0 Å². The summed E-state index contributed by atoms with van der Waals surface area (Å²) in [5.74, 6) is -1.74. The lowest BCUT2D eigenvalue weighted by molar-refractivity contribution is -0.134. The predicted octanol–water partition coefficient (Wildman–Crippen LogP) is 3.25. The van der Waals surface area contributed by atoms with Crippen LogP contribution in [-0.4, -0.2) is 16.8 Å². The Bertz CT molecular complexity index is 862. The number of amides is 1. The molecular weight excluding hydrogens is 302 g/mol. The van der Waals surface area contributed by atoms with Crippen LogP contribution in [0.4, 0.5) is 0 Å². The van der Waals surface area contributed by atoms with Gasteiger partial charge in [-0.05, 0) is 17.2 Å². The average molecular weight is 317 g/mol. The fourth-order valence-corrected chi connectivity index (χ4v) is 2.41. The molecule has 0 saturated heterocycles. The zero-order valence-corrected chi connectivity index (χ0v) is 12.8. The van der Waals surface area contributed by atoms with E-state index in [1.807, 2.05) is 36.4 Å². The van der Waals surface area contributed by atoms with E-state index in [4.69, 9.17) is 0 Å². The zero-order chi connectivity index (χ0) is 16.9. The molecule has 0 aromatic heterocycles. The second-order valence-electron chi connectivity index (χ2n) is 5.22. The van der Waals surface area contributed by atoms with Crippen molar-refractivity contribution in [2.75, 3.05) is 0 Å². The molecular formula is C20H15NO3. The molecule has 24 heavy (non-hydrogen) atoms. The molecule has 2 aromatic rings. The first-order valence-electron chi connectivity index (χ1n) is 7.45. The van der Waals surface area contributed by atoms with Crippen LogP contribution in [0.3, 0.4) is 0 Å². The molecule has 0 saturated carbocycles. The Morgan fingerprint density at radius 1 is 0.875 bits per heavy atom. The van der Waals surface area contributed by atoms with Crippen LogP contribution in [0.25, 0.3) is 11.6 Å². The molecule has 4 heteroatoms. The van der Waals surface area contributed by atoms with E-state index in [0.29, 0.717) is 5.56 Å². The highest BCUT2D eigenvalue weighted by Gasteiger charge is 2.31. The van der Waals surface area contributed by atoms with E-state index in [-0.39, 0.29) is 17.0 Å². The summed E-state index contributed by atoms with van der Waals surface area (Å²) in [7, 11) is 0. The maximum Gasteiger partial charge on any atom is 0.297 e. The van der Waals surface area contributed by atoms with Crippen LogP contribution < -0.4 is 5.32 Å². The van der Waals surface area contributed by atoms with Crippen molar-refractivity contribution >= 4 is 23.3 Å². The lowest BCUT2D eigenvalue weighted by atomic mass is 9.95. The van der Waals surface area contributed by atoms with Crippen LogP contribution in [0, 0.1) is 0 Å². The highest BCUT2D eigenvalue weighted by Crippen LogP contribution is 2.25. The summed E-state index contributed by atoms with van der Waals surface area (Å²) in [5.41, 5.74) is 1.71. The van der Waals surface area contributed by atoms with Gasteiger partial charge in [0.2, 0.25) is 0 Å². The van der Waals surface area contributed by atoms with Crippen LogP contribution in [0.15, 0.2) is 84.3 Å². The van der Waals surface area contributed by atoms with E-state index in [2.05, 4.69) is 5.32 Å². The van der Waals surface area contributed by atoms with Crippen molar-refractivity contribution in [2.24, 2.45) is 0 Å². The zero-order valence-electron chi connectivity index (χ0n) is 12.8. The second kappa shape index (κ2) is 6.79. The number of aliphatic hydroxyl groups excluding tert-OH is 1. The minimum absolute atomic E-state index is 0.0127. The Morgan fingerprint density at radius 2 is 1.50 bits per heavy atom. The van der Waals surface area contributed by atoms with Gasteiger partial charge in [0.05, 0.1) is 11.3 Å². The third-order valence-electron chi connectivity index (χ3n) is 3.59. The molecule has 2 N–H and O–H groups in total. The summed E-state index contributed by atoms with van der Waals surface area (Å²) >= 11 is 0. The number of hydrogen-bond donors (Lipinski definition) is 2. The van der Waals surface area contributed by atoms with E-state index in [9.17, 15) is 14.7 Å². The molecule has 0 aliphatic carbocycles. The normalized spacial score (nSPS) is 16.8. The Kier molecular flexibility index (Phi) is 4.38. The molecule has 3 rings (SSSR count). The number of Topliss-reactive ketones (excluding diaryl/α,β-unsaturated/α-hetero) is 1. The van der Waals surface area contributed by atoms with E-state index in [1.54, 1.807) is 42.5 Å². The molecule has 1 amide bonds. The largest absolute Gasteiger partial charge is 0.505 e. The number of nitrogens with one attached hydrogen (secondary N) is 1. The number of rotatable bonds is 3. The standard InChI is InChI=1S/C20H15NO3/c22-18-16(13-7-10-14-8-3-1-4-9-14)21-20(24)19(23)17(18)15-11-5-2-6-12-15/h1-13,22H,(H,21,24)/b10-7+,16-13-. The topological polar surface area (TPSA) is 66.4 Å².